The Kier molecular flexibility index (Phi) is 8.69. The number of carbonyl (C=O) groups is 1. The summed E-state index contributed by atoms with van der Waals surface area (Å²) < 4.78 is 5.62. The maximum Gasteiger partial charge on any atom is 0.347 e. The van der Waals surface area contributed by atoms with Crippen molar-refractivity contribution in [1.82, 2.24) is 4.98 Å². The fourth-order valence-electron chi connectivity index (χ4n) is 2.55. The average Bonchev–Trinajstić information content (AvgIpc) is 2.77. The standard InChI is InChI=1S/C18H19ClO3.C6H8N2/c1-3-18(2,17(20)21)22-16-10-6-14(7-11-16)12-13-4-8-15(19)9-5-13;1-7-6-3-2-4-8-5-6/h4-11H,3,12H2,1-2H3,(H,20,21);2-5,7H,1H3. The molecule has 0 saturated heterocycles. The van der Waals surface area contributed by atoms with Gasteiger partial charge in [-0.1, -0.05) is 42.8 Å². The van der Waals surface area contributed by atoms with Gasteiger partial charge in [-0.2, -0.15) is 0 Å². The van der Waals surface area contributed by atoms with Crippen LogP contribution in [0.5, 0.6) is 5.75 Å². The summed E-state index contributed by atoms with van der Waals surface area (Å²) in [6, 6.07) is 19.1. The molecule has 6 heteroatoms. The van der Waals surface area contributed by atoms with E-state index in [-0.39, 0.29) is 0 Å². The van der Waals surface area contributed by atoms with Crippen LogP contribution in [0.1, 0.15) is 31.4 Å². The molecule has 0 spiro atoms. The predicted molar refractivity (Wildman–Crippen MR) is 121 cm³/mol. The quantitative estimate of drug-likeness (QED) is 0.508. The van der Waals surface area contributed by atoms with Crippen molar-refractivity contribution in [2.45, 2.75) is 32.3 Å². The van der Waals surface area contributed by atoms with Crippen LogP contribution in [0.4, 0.5) is 5.69 Å². The Morgan fingerprint density at radius 1 is 1.10 bits per heavy atom. The Bertz CT molecular complexity index is 915. The highest BCUT2D eigenvalue weighted by molar-refractivity contribution is 6.30. The van der Waals surface area contributed by atoms with Gasteiger partial charge in [0.25, 0.3) is 0 Å². The van der Waals surface area contributed by atoms with Gasteiger partial charge in [0.05, 0.1) is 5.69 Å². The summed E-state index contributed by atoms with van der Waals surface area (Å²) in [6.45, 7) is 3.37. The third kappa shape index (κ3) is 7.08. The van der Waals surface area contributed by atoms with Gasteiger partial charge in [-0.05, 0) is 67.3 Å². The Balaban J connectivity index is 0.000000335. The zero-order chi connectivity index (χ0) is 22.0. The monoisotopic (exact) mass is 426 g/mol. The van der Waals surface area contributed by atoms with Crippen molar-refractivity contribution in [3.8, 4) is 5.75 Å². The van der Waals surface area contributed by atoms with Gasteiger partial charge in [0, 0.05) is 24.5 Å². The molecule has 0 fully saturated rings. The van der Waals surface area contributed by atoms with E-state index in [1.807, 2.05) is 67.7 Å². The first-order valence-corrected chi connectivity index (χ1v) is 10.1. The fraction of sp³-hybridized carbons (Fsp3) is 0.250. The van der Waals surface area contributed by atoms with E-state index in [0.717, 1.165) is 22.7 Å². The van der Waals surface area contributed by atoms with Crippen molar-refractivity contribution in [1.29, 1.82) is 0 Å². The molecule has 3 aromatic rings. The number of aromatic nitrogens is 1. The summed E-state index contributed by atoms with van der Waals surface area (Å²) in [7, 11) is 1.87. The fourth-order valence-corrected chi connectivity index (χ4v) is 2.68. The molecule has 5 nitrogen and oxygen atoms in total. The highest BCUT2D eigenvalue weighted by Gasteiger charge is 2.33. The first-order valence-electron chi connectivity index (χ1n) is 9.70. The van der Waals surface area contributed by atoms with Gasteiger partial charge in [0.1, 0.15) is 5.75 Å². The Morgan fingerprint density at radius 3 is 2.13 bits per heavy atom. The van der Waals surface area contributed by atoms with E-state index in [0.29, 0.717) is 12.2 Å². The number of nitrogens with zero attached hydrogens (tertiary/aromatic N) is 1. The van der Waals surface area contributed by atoms with Crippen LogP contribution >= 0.6 is 11.6 Å². The third-order valence-electron chi connectivity index (χ3n) is 4.67. The lowest BCUT2D eigenvalue weighted by Gasteiger charge is -2.24. The number of rotatable bonds is 7. The number of carboxylic acids is 1. The van der Waals surface area contributed by atoms with Crippen molar-refractivity contribution in [3.63, 3.8) is 0 Å². The van der Waals surface area contributed by atoms with Crippen molar-refractivity contribution >= 4 is 23.3 Å². The van der Waals surface area contributed by atoms with Crippen molar-refractivity contribution in [2.75, 3.05) is 12.4 Å². The summed E-state index contributed by atoms with van der Waals surface area (Å²) in [5.41, 5.74) is 2.15. The van der Waals surface area contributed by atoms with Gasteiger partial charge >= 0.3 is 5.97 Å². The highest BCUT2D eigenvalue weighted by Crippen LogP contribution is 2.23. The normalized spacial score (nSPS) is 12.1. The molecular weight excluding hydrogens is 400 g/mol. The minimum Gasteiger partial charge on any atom is -0.478 e. The molecule has 0 aliphatic rings. The smallest absolute Gasteiger partial charge is 0.347 e. The SMILES string of the molecule is CCC(C)(Oc1ccc(Cc2ccc(Cl)cc2)cc1)C(=O)O.CNc1cccnc1. The number of hydrogen-bond donors (Lipinski definition) is 2. The Hall–Kier alpha value is -3.05. The van der Waals surface area contributed by atoms with E-state index in [4.69, 9.17) is 16.3 Å². The van der Waals surface area contributed by atoms with Crippen LogP contribution in [0.25, 0.3) is 0 Å². The summed E-state index contributed by atoms with van der Waals surface area (Å²) in [5.74, 6) is -0.396. The second-order valence-corrected chi connectivity index (χ2v) is 7.37. The van der Waals surface area contributed by atoms with E-state index in [1.54, 1.807) is 26.2 Å². The highest BCUT2D eigenvalue weighted by atomic mass is 35.5. The van der Waals surface area contributed by atoms with Crippen LogP contribution in [0, 0.1) is 0 Å². The molecule has 158 valence electrons. The lowest BCUT2D eigenvalue weighted by Crippen LogP contribution is -2.40. The summed E-state index contributed by atoms with van der Waals surface area (Å²) >= 11 is 5.87. The molecule has 2 aromatic carbocycles. The first-order chi connectivity index (χ1) is 14.4. The summed E-state index contributed by atoms with van der Waals surface area (Å²) in [4.78, 5) is 15.1. The first kappa shape index (κ1) is 23.2. The molecule has 3 rings (SSSR count). The number of carboxylic acid groups (broad SMARTS) is 1. The van der Waals surface area contributed by atoms with Crippen molar-refractivity contribution in [3.05, 3.63) is 89.2 Å². The van der Waals surface area contributed by atoms with Gasteiger partial charge in [-0.15, -0.1) is 0 Å². The Labute approximate surface area is 182 Å². The van der Waals surface area contributed by atoms with Crippen molar-refractivity contribution < 1.29 is 14.6 Å². The van der Waals surface area contributed by atoms with E-state index in [1.165, 1.54) is 5.56 Å². The number of anilines is 1. The lowest BCUT2D eigenvalue weighted by molar-refractivity contribution is -0.154. The topological polar surface area (TPSA) is 71.5 Å². The van der Waals surface area contributed by atoms with Crippen LogP contribution < -0.4 is 10.1 Å². The molecule has 0 aliphatic carbocycles. The number of pyridine rings is 1. The maximum atomic E-state index is 11.3. The third-order valence-corrected chi connectivity index (χ3v) is 4.92. The Morgan fingerprint density at radius 2 is 1.70 bits per heavy atom. The van der Waals surface area contributed by atoms with Gasteiger partial charge in [-0.3, -0.25) is 4.98 Å². The van der Waals surface area contributed by atoms with E-state index in [9.17, 15) is 9.90 Å². The molecule has 1 atom stereocenters. The van der Waals surface area contributed by atoms with Crippen LogP contribution in [-0.4, -0.2) is 28.7 Å². The zero-order valence-electron chi connectivity index (χ0n) is 17.4. The van der Waals surface area contributed by atoms with Crippen molar-refractivity contribution in [2.24, 2.45) is 0 Å². The molecule has 0 aliphatic heterocycles. The van der Waals surface area contributed by atoms with Gasteiger partial charge < -0.3 is 15.2 Å². The minimum atomic E-state index is -1.20. The summed E-state index contributed by atoms with van der Waals surface area (Å²) in [5, 5.41) is 12.9. The average molecular weight is 427 g/mol. The number of halogens is 1. The molecule has 0 bridgehead atoms. The maximum absolute atomic E-state index is 11.3. The number of nitrogens with one attached hydrogen (secondary N) is 1. The predicted octanol–water partition coefficient (Wildman–Crippen LogP) is 5.69. The van der Waals surface area contributed by atoms with Crippen LogP contribution in [-0.2, 0) is 11.2 Å². The largest absolute Gasteiger partial charge is 0.478 e. The molecule has 2 N–H and O–H groups in total. The molecule has 1 heterocycles. The molecule has 30 heavy (non-hydrogen) atoms. The molecule has 0 amide bonds. The second kappa shape index (κ2) is 11.2. The minimum absolute atomic E-state index is 0.398. The zero-order valence-corrected chi connectivity index (χ0v) is 18.2. The van der Waals surface area contributed by atoms with Gasteiger partial charge in [0.2, 0.25) is 5.60 Å². The second-order valence-electron chi connectivity index (χ2n) is 6.93. The van der Waals surface area contributed by atoms with E-state index < -0.39 is 11.6 Å². The molecule has 1 unspecified atom stereocenters. The van der Waals surface area contributed by atoms with Gasteiger partial charge in [0.15, 0.2) is 0 Å². The van der Waals surface area contributed by atoms with Crippen LogP contribution in [0.2, 0.25) is 5.02 Å². The molecule has 1 aromatic heterocycles. The molecular formula is C24H27ClN2O3. The van der Waals surface area contributed by atoms with E-state index in [2.05, 4.69) is 10.3 Å². The van der Waals surface area contributed by atoms with Gasteiger partial charge in [-0.25, -0.2) is 4.79 Å². The lowest BCUT2D eigenvalue weighted by atomic mass is 10.0. The number of benzene rings is 2. The molecule has 0 saturated carbocycles. The molecule has 0 radical (unpaired) electrons. The van der Waals surface area contributed by atoms with E-state index >= 15 is 0 Å². The van der Waals surface area contributed by atoms with Crippen LogP contribution in [0.3, 0.4) is 0 Å². The summed E-state index contributed by atoms with van der Waals surface area (Å²) in [6.07, 6.45) is 4.72. The number of ether oxygens (including phenoxy) is 1. The number of aliphatic carboxylic acids is 1. The number of hydrogen-bond acceptors (Lipinski definition) is 4. The van der Waals surface area contributed by atoms with Crippen LogP contribution in [0.15, 0.2) is 73.1 Å².